The molecular weight excluding hydrogens is 294 g/mol. The lowest BCUT2D eigenvalue weighted by Gasteiger charge is -2.32. The van der Waals surface area contributed by atoms with Crippen molar-refractivity contribution in [2.24, 2.45) is 0 Å². The third-order valence-corrected chi connectivity index (χ3v) is 4.76. The van der Waals surface area contributed by atoms with E-state index in [0.717, 1.165) is 10.6 Å². The summed E-state index contributed by atoms with van der Waals surface area (Å²) in [5.41, 5.74) is 0. The second-order valence-electron chi connectivity index (χ2n) is 4.22. The van der Waals surface area contributed by atoms with Crippen LogP contribution in [0.4, 0.5) is 0 Å². The van der Waals surface area contributed by atoms with E-state index in [9.17, 15) is 9.59 Å². The van der Waals surface area contributed by atoms with E-state index in [1.807, 2.05) is 17.5 Å². The van der Waals surface area contributed by atoms with Crippen LogP contribution in [0.2, 0.25) is 0 Å². The van der Waals surface area contributed by atoms with Crippen LogP contribution in [0.3, 0.4) is 0 Å². The maximum absolute atomic E-state index is 12.2. The molecule has 20 heavy (non-hydrogen) atoms. The van der Waals surface area contributed by atoms with Crippen LogP contribution < -0.4 is 0 Å². The van der Waals surface area contributed by atoms with Crippen LogP contribution in [0.1, 0.15) is 11.8 Å². The van der Waals surface area contributed by atoms with Crippen molar-refractivity contribution in [2.75, 3.05) is 24.7 Å². The first-order chi connectivity index (χ1) is 9.72. The van der Waals surface area contributed by atoms with Gasteiger partial charge < -0.3 is 9.64 Å². The predicted octanol–water partition coefficient (Wildman–Crippen LogP) is 2.27. The fraction of sp³-hybridized carbons (Fsp3) is 0.429. The molecule has 1 aliphatic rings. The number of amides is 1. The maximum Gasteiger partial charge on any atom is 0.329 e. The lowest BCUT2D eigenvalue weighted by Crippen LogP contribution is -2.50. The van der Waals surface area contributed by atoms with E-state index in [2.05, 4.69) is 0 Å². The third kappa shape index (κ3) is 3.86. The molecule has 2 rings (SSSR count). The number of rotatable bonds is 4. The molecular formula is C14H17NO3S2. The smallest absolute Gasteiger partial charge is 0.329 e. The molecule has 108 valence electrons. The molecule has 4 nitrogen and oxygen atoms in total. The Hall–Kier alpha value is -1.27. The Morgan fingerprint density at radius 2 is 2.40 bits per heavy atom. The SMILES string of the molecule is CCOC(=O)C1CSCCN1C(=O)/C=C/c1cccs1. The van der Waals surface area contributed by atoms with Crippen molar-refractivity contribution >= 4 is 41.1 Å². The van der Waals surface area contributed by atoms with Gasteiger partial charge in [0.2, 0.25) is 5.91 Å². The lowest BCUT2D eigenvalue weighted by atomic mass is 10.2. The summed E-state index contributed by atoms with van der Waals surface area (Å²) in [7, 11) is 0. The number of thiophene rings is 1. The number of ether oxygens (including phenoxy) is 1. The van der Waals surface area contributed by atoms with Crippen molar-refractivity contribution in [1.29, 1.82) is 0 Å². The van der Waals surface area contributed by atoms with Gasteiger partial charge in [0.1, 0.15) is 6.04 Å². The van der Waals surface area contributed by atoms with Crippen LogP contribution in [0.5, 0.6) is 0 Å². The van der Waals surface area contributed by atoms with Gasteiger partial charge in [-0.15, -0.1) is 11.3 Å². The summed E-state index contributed by atoms with van der Waals surface area (Å²) in [6.07, 6.45) is 3.32. The summed E-state index contributed by atoms with van der Waals surface area (Å²) < 4.78 is 5.04. The fourth-order valence-electron chi connectivity index (χ4n) is 1.94. The van der Waals surface area contributed by atoms with Gasteiger partial charge in [-0.05, 0) is 24.4 Å². The topological polar surface area (TPSA) is 46.6 Å². The van der Waals surface area contributed by atoms with Gasteiger partial charge in [-0.2, -0.15) is 11.8 Å². The molecule has 1 unspecified atom stereocenters. The summed E-state index contributed by atoms with van der Waals surface area (Å²) in [6.45, 7) is 2.70. The number of carbonyl (C=O) groups is 2. The maximum atomic E-state index is 12.2. The molecule has 6 heteroatoms. The molecule has 0 aromatic carbocycles. The average Bonchev–Trinajstić information content (AvgIpc) is 2.98. The van der Waals surface area contributed by atoms with Crippen LogP contribution in [0.25, 0.3) is 6.08 Å². The van der Waals surface area contributed by atoms with E-state index in [0.29, 0.717) is 18.9 Å². The number of hydrogen-bond acceptors (Lipinski definition) is 5. The molecule has 1 fully saturated rings. The number of thioether (sulfide) groups is 1. The van der Waals surface area contributed by atoms with Crippen LogP contribution in [-0.2, 0) is 14.3 Å². The Morgan fingerprint density at radius 3 is 3.10 bits per heavy atom. The van der Waals surface area contributed by atoms with Crippen LogP contribution >= 0.6 is 23.1 Å². The van der Waals surface area contributed by atoms with E-state index in [-0.39, 0.29) is 11.9 Å². The van der Waals surface area contributed by atoms with Gasteiger partial charge >= 0.3 is 5.97 Å². The van der Waals surface area contributed by atoms with Gasteiger partial charge in [-0.1, -0.05) is 6.07 Å². The first-order valence-corrected chi connectivity index (χ1v) is 8.52. The molecule has 0 N–H and O–H groups in total. The Balaban J connectivity index is 2.03. The minimum Gasteiger partial charge on any atom is -0.464 e. The number of carbonyl (C=O) groups excluding carboxylic acids is 2. The highest BCUT2D eigenvalue weighted by Crippen LogP contribution is 2.19. The van der Waals surface area contributed by atoms with Gasteiger partial charge in [-0.25, -0.2) is 4.79 Å². The molecule has 2 heterocycles. The zero-order valence-electron chi connectivity index (χ0n) is 11.3. The molecule has 1 saturated heterocycles. The lowest BCUT2D eigenvalue weighted by molar-refractivity contribution is -0.152. The highest BCUT2D eigenvalue weighted by Gasteiger charge is 2.32. The van der Waals surface area contributed by atoms with E-state index < -0.39 is 6.04 Å². The van der Waals surface area contributed by atoms with Gasteiger partial charge in [0, 0.05) is 29.0 Å². The first kappa shape index (κ1) is 15.1. The molecule has 0 aliphatic carbocycles. The van der Waals surface area contributed by atoms with Crippen LogP contribution in [0.15, 0.2) is 23.6 Å². The zero-order chi connectivity index (χ0) is 14.4. The van der Waals surface area contributed by atoms with Gasteiger partial charge in [0.05, 0.1) is 6.61 Å². The van der Waals surface area contributed by atoms with E-state index >= 15 is 0 Å². The molecule has 1 aliphatic heterocycles. The first-order valence-electron chi connectivity index (χ1n) is 6.49. The second-order valence-corrected chi connectivity index (χ2v) is 6.35. The summed E-state index contributed by atoms with van der Waals surface area (Å²) in [4.78, 5) is 26.8. The largest absolute Gasteiger partial charge is 0.464 e. The van der Waals surface area contributed by atoms with Crippen molar-refractivity contribution in [3.63, 3.8) is 0 Å². The summed E-state index contributed by atoms with van der Waals surface area (Å²) >= 11 is 3.25. The number of nitrogens with zero attached hydrogens (tertiary/aromatic N) is 1. The molecule has 1 aromatic rings. The molecule has 0 spiro atoms. The quantitative estimate of drug-likeness (QED) is 0.632. The molecule has 1 atom stereocenters. The normalized spacial score (nSPS) is 19.2. The van der Waals surface area contributed by atoms with Gasteiger partial charge in [-0.3, -0.25) is 4.79 Å². The third-order valence-electron chi connectivity index (χ3n) is 2.90. The van der Waals surface area contributed by atoms with Gasteiger partial charge in [0.25, 0.3) is 0 Å². The van der Waals surface area contributed by atoms with Crippen molar-refractivity contribution in [3.8, 4) is 0 Å². The molecule has 0 radical (unpaired) electrons. The highest BCUT2D eigenvalue weighted by atomic mass is 32.2. The summed E-state index contributed by atoms with van der Waals surface area (Å²) in [5.74, 6) is 1.03. The van der Waals surface area contributed by atoms with Crippen molar-refractivity contribution in [3.05, 3.63) is 28.5 Å². The molecule has 0 saturated carbocycles. The van der Waals surface area contributed by atoms with E-state index in [4.69, 9.17) is 4.74 Å². The Bertz CT molecular complexity index is 485. The summed E-state index contributed by atoms with van der Waals surface area (Å²) in [5, 5.41) is 1.96. The van der Waals surface area contributed by atoms with Gasteiger partial charge in [0.15, 0.2) is 0 Å². The number of hydrogen-bond donors (Lipinski definition) is 0. The Labute approximate surface area is 126 Å². The highest BCUT2D eigenvalue weighted by molar-refractivity contribution is 7.99. The Morgan fingerprint density at radius 1 is 1.55 bits per heavy atom. The second kappa shape index (κ2) is 7.50. The Kier molecular flexibility index (Phi) is 5.67. The van der Waals surface area contributed by atoms with Crippen molar-refractivity contribution < 1.29 is 14.3 Å². The summed E-state index contributed by atoms with van der Waals surface area (Å²) in [6, 6.07) is 3.42. The van der Waals surface area contributed by atoms with E-state index in [1.165, 1.54) is 6.08 Å². The monoisotopic (exact) mass is 311 g/mol. The molecule has 1 amide bonds. The van der Waals surface area contributed by atoms with Crippen LogP contribution in [0, 0.1) is 0 Å². The standard InChI is InChI=1S/C14H17NO3S2/c1-2-18-14(17)12-10-19-9-7-15(12)13(16)6-5-11-4-3-8-20-11/h3-6,8,12H,2,7,9-10H2,1H3/b6-5+. The molecule has 0 bridgehead atoms. The van der Waals surface area contributed by atoms with E-state index in [1.54, 1.807) is 41.0 Å². The fourth-order valence-corrected chi connectivity index (χ4v) is 3.59. The minimum atomic E-state index is -0.464. The zero-order valence-corrected chi connectivity index (χ0v) is 12.9. The molecule has 1 aromatic heterocycles. The van der Waals surface area contributed by atoms with Crippen molar-refractivity contribution in [2.45, 2.75) is 13.0 Å². The predicted molar refractivity (Wildman–Crippen MR) is 82.8 cm³/mol. The van der Waals surface area contributed by atoms with Crippen molar-refractivity contribution in [1.82, 2.24) is 4.90 Å². The van der Waals surface area contributed by atoms with Crippen LogP contribution in [-0.4, -0.2) is 47.5 Å². The number of esters is 1. The minimum absolute atomic E-state index is 0.128. The average molecular weight is 311 g/mol.